The quantitative estimate of drug-likeness (QED) is 0.430. The average molecular weight is 486 g/mol. The molecule has 0 atom stereocenters. The minimum atomic E-state index is -0.655. The van der Waals surface area contributed by atoms with Gasteiger partial charge in [-0.1, -0.05) is 0 Å². The topological polar surface area (TPSA) is 112 Å². The van der Waals surface area contributed by atoms with E-state index in [2.05, 4.69) is 15.0 Å². The Morgan fingerprint density at radius 3 is 2.36 bits per heavy atom. The maximum atomic E-state index is 13.7. The van der Waals surface area contributed by atoms with E-state index in [0.717, 1.165) is 17.2 Å². The van der Waals surface area contributed by atoms with Gasteiger partial charge in [0.25, 0.3) is 11.8 Å². The van der Waals surface area contributed by atoms with Gasteiger partial charge in [-0.3, -0.25) is 9.59 Å². The first kappa shape index (κ1) is 23.3. The van der Waals surface area contributed by atoms with Crippen LogP contribution in [0.25, 0.3) is 11.4 Å². The zero-order chi connectivity index (χ0) is 25.4. The molecule has 0 bridgehead atoms. The van der Waals surface area contributed by atoms with E-state index in [1.165, 1.54) is 4.68 Å². The molecule has 2 N–H and O–H groups in total. The van der Waals surface area contributed by atoms with Crippen LogP contribution in [0.15, 0.2) is 60.9 Å². The molecule has 3 heterocycles. The Morgan fingerprint density at radius 2 is 1.72 bits per heavy atom. The third-order valence-electron chi connectivity index (χ3n) is 6.18. The molecule has 5 rings (SSSR count). The van der Waals surface area contributed by atoms with Gasteiger partial charge in [-0.25, -0.2) is 9.67 Å². The van der Waals surface area contributed by atoms with Gasteiger partial charge in [0.15, 0.2) is 5.69 Å². The lowest BCUT2D eigenvalue weighted by atomic mass is 10.0. The zero-order valence-corrected chi connectivity index (χ0v) is 20.4. The maximum absolute atomic E-state index is 13.7. The van der Waals surface area contributed by atoms with Crippen molar-refractivity contribution in [3.63, 3.8) is 0 Å². The minimum Gasteiger partial charge on any atom is -0.497 e. The number of hydrogen-bond donors (Lipinski definition) is 1. The van der Waals surface area contributed by atoms with E-state index in [1.807, 2.05) is 49.1 Å². The summed E-state index contributed by atoms with van der Waals surface area (Å²) >= 11 is 0. The summed E-state index contributed by atoms with van der Waals surface area (Å²) in [6, 6.07) is 14.9. The van der Waals surface area contributed by atoms with Crippen molar-refractivity contribution in [3.8, 4) is 17.1 Å². The smallest absolute Gasteiger partial charge is 0.277 e. The molecule has 0 radical (unpaired) electrons. The Labute approximate surface area is 208 Å². The van der Waals surface area contributed by atoms with Gasteiger partial charge in [0, 0.05) is 35.9 Å². The molecular weight excluding hydrogens is 458 g/mol. The van der Waals surface area contributed by atoms with E-state index in [-0.39, 0.29) is 11.6 Å². The second kappa shape index (κ2) is 9.31. The van der Waals surface area contributed by atoms with Gasteiger partial charge in [-0.05, 0) is 69.0 Å². The number of nitrogens with zero attached hydrogens (tertiary/aromatic N) is 6. The number of nitrogens with two attached hydrogens (primary N) is 1. The molecule has 0 saturated carbocycles. The van der Waals surface area contributed by atoms with Gasteiger partial charge in [0.2, 0.25) is 0 Å². The lowest BCUT2D eigenvalue weighted by molar-refractivity contribution is 0.0972. The summed E-state index contributed by atoms with van der Waals surface area (Å²) in [6.07, 6.45) is 4.16. The van der Waals surface area contributed by atoms with Crippen molar-refractivity contribution in [2.24, 2.45) is 5.73 Å². The van der Waals surface area contributed by atoms with E-state index >= 15 is 0 Å². The molecule has 2 aromatic carbocycles. The van der Waals surface area contributed by atoms with Crippen LogP contribution in [0.1, 0.15) is 32.4 Å². The molecular formula is C26H27N7O3. The summed E-state index contributed by atoms with van der Waals surface area (Å²) in [5.74, 6) is 0.706. The van der Waals surface area contributed by atoms with Crippen molar-refractivity contribution in [2.75, 3.05) is 32.6 Å². The van der Waals surface area contributed by atoms with E-state index in [1.54, 1.807) is 42.5 Å². The van der Waals surface area contributed by atoms with Crippen LogP contribution in [0.5, 0.6) is 5.75 Å². The molecule has 10 nitrogen and oxygen atoms in total. The van der Waals surface area contributed by atoms with Crippen LogP contribution in [0.2, 0.25) is 0 Å². The average Bonchev–Trinajstić information content (AvgIpc) is 3.49. The predicted octanol–water partition coefficient (Wildman–Crippen LogP) is 2.43. The highest BCUT2D eigenvalue weighted by Crippen LogP contribution is 2.30. The van der Waals surface area contributed by atoms with Crippen LogP contribution >= 0.6 is 0 Å². The molecule has 0 saturated heterocycles. The maximum Gasteiger partial charge on any atom is 0.277 e. The van der Waals surface area contributed by atoms with E-state index in [4.69, 9.17) is 10.5 Å². The molecule has 10 heteroatoms. The van der Waals surface area contributed by atoms with Gasteiger partial charge < -0.3 is 24.8 Å². The minimum absolute atomic E-state index is 0.123. The van der Waals surface area contributed by atoms with Crippen LogP contribution < -0.4 is 15.4 Å². The molecule has 0 fully saturated rings. The summed E-state index contributed by atoms with van der Waals surface area (Å²) in [5, 5.41) is 4.42. The summed E-state index contributed by atoms with van der Waals surface area (Å²) < 4.78 is 8.76. The number of benzene rings is 2. The van der Waals surface area contributed by atoms with E-state index in [9.17, 15) is 9.59 Å². The second-order valence-electron chi connectivity index (χ2n) is 8.82. The Morgan fingerprint density at radius 1 is 1.06 bits per heavy atom. The third-order valence-corrected chi connectivity index (χ3v) is 6.18. The molecule has 1 aliphatic heterocycles. The lowest BCUT2D eigenvalue weighted by Gasteiger charge is -2.28. The van der Waals surface area contributed by atoms with Crippen LogP contribution in [-0.2, 0) is 13.0 Å². The number of methoxy groups -OCH3 is 1. The molecule has 2 amide bonds. The lowest BCUT2D eigenvalue weighted by Crippen LogP contribution is -2.39. The number of fused-ring (bicyclic) bond motifs is 1. The Bertz CT molecular complexity index is 1420. The number of imidazole rings is 1. The highest BCUT2D eigenvalue weighted by Gasteiger charge is 2.34. The SMILES string of the molecule is COc1ccc(-n2nc(C(N)=O)c3c2C(=O)N(c2ccc(-n4ccnc4CN(C)C)cc2)CC3)cc1. The van der Waals surface area contributed by atoms with Gasteiger partial charge in [-0.2, -0.15) is 5.10 Å². The standard InChI is InChI=1S/C26H27N7O3/c1-30(2)16-22-28-13-15-31(22)17-4-6-18(7-5-17)32-14-12-21-23(25(27)34)29-33(24(21)26(32)35)19-8-10-20(36-3)11-9-19/h4-11,13,15H,12,14,16H2,1-3H3,(H2,27,34). The molecule has 184 valence electrons. The first-order valence-corrected chi connectivity index (χ1v) is 11.5. The molecule has 0 unspecified atom stereocenters. The summed E-state index contributed by atoms with van der Waals surface area (Å²) in [7, 11) is 5.58. The normalized spacial score (nSPS) is 13.2. The number of rotatable bonds is 7. The van der Waals surface area contributed by atoms with Crippen molar-refractivity contribution in [1.29, 1.82) is 0 Å². The third kappa shape index (κ3) is 4.11. The second-order valence-corrected chi connectivity index (χ2v) is 8.82. The van der Waals surface area contributed by atoms with Crippen LogP contribution in [0.4, 0.5) is 5.69 Å². The molecule has 2 aromatic heterocycles. The Hall–Kier alpha value is -4.44. The number of aromatic nitrogens is 4. The molecule has 0 aliphatic carbocycles. The van der Waals surface area contributed by atoms with Crippen LogP contribution in [-0.4, -0.2) is 63.8 Å². The number of anilines is 1. The van der Waals surface area contributed by atoms with E-state index < -0.39 is 5.91 Å². The first-order chi connectivity index (χ1) is 17.4. The fourth-order valence-electron chi connectivity index (χ4n) is 4.48. The van der Waals surface area contributed by atoms with Crippen molar-refractivity contribution in [3.05, 3.63) is 83.7 Å². The monoisotopic (exact) mass is 485 g/mol. The number of ether oxygens (including phenoxy) is 1. The summed E-state index contributed by atoms with van der Waals surface area (Å²) in [6.45, 7) is 1.12. The summed E-state index contributed by atoms with van der Waals surface area (Å²) in [4.78, 5) is 34.0. The van der Waals surface area contributed by atoms with Gasteiger partial charge in [-0.15, -0.1) is 0 Å². The zero-order valence-electron chi connectivity index (χ0n) is 20.4. The van der Waals surface area contributed by atoms with Gasteiger partial charge in [0.1, 0.15) is 17.3 Å². The molecule has 36 heavy (non-hydrogen) atoms. The van der Waals surface area contributed by atoms with Crippen molar-refractivity contribution >= 4 is 17.5 Å². The van der Waals surface area contributed by atoms with Gasteiger partial charge in [0.05, 0.1) is 19.3 Å². The number of hydrogen-bond acceptors (Lipinski definition) is 6. The highest BCUT2D eigenvalue weighted by atomic mass is 16.5. The number of primary amides is 1. The van der Waals surface area contributed by atoms with E-state index in [0.29, 0.717) is 42.2 Å². The summed E-state index contributed by atoms with van der Waals surface area (Å²) in [5.41, 5.74) is 8.99. The fourth-order valence-corrected chi connectivity index (χ4v) is 4.48. The number of carbonyl (C=O) groups is 2. The molecule has 0 spiro atoms. The Kier molecular flexibility index (Phi) is 6.03. The van der Waals surface area contributed by atoms with Crippen molar-refractivity contribution in [1.82, 2.24) is 24.2 Å². The number of amides is 2. The fraction of sp³-hybridized carbons (Fsp3) is 0.231. The van der Waals surface area contributed by atoms with Crippen molar-refractivity contribution < 1.29 is 14.3 Å². The molecule has 1 aliphatic rings. The van der Waals surface area contributed by atoms with Gasteiger partial charge >= 0.3 is 0 Å². The van der Waals surface area contributed by atoms with Crippen LogP contribution in [0.3, 0.4) is 0 Å². The molecule has 4 aromatic rings. The van der Waals surface area contributed by atoms with Crippen LogP contribution in [0, 0.1) is 0 Å². The first-order valence-electron chi connectivity index (χ1n) is 11.5. The predicted molar refractivity (Wildman–Crippen MR) is 135 cm³/mol. The number of carbonyl (C=O) groups excluding carboxylic acids is 2. The largest absolute Gasteiger partial charge is 0.497 e. The van der Waals surface area contributed by atoms with Crippen molar-refractivity contribution in [2.45, 2.75) is 13.0 Å². The highest BCUT2D eigenvalue weighted by molar-refractivity contribution is 6.09. The Balaban J connectivity index is 1.49.